The van der Waals surface area contributed by atoms with Crippen molar-refractivity contribution < 1.29 is 46.3 Å². The van der Waals surface area contributed by atoms with Gasteiger partial charge < -0.3 is 43.8 Å². The molecule has 4 aromatic heterocycles. The fraction of sp³-hybridized carbons (Fsp3) is 0.545. The Morgan fingerprint density at radius 1 is 0.957 bits per heavy atom. The van der Waals surface area contributed by atoms with Crippen LogP contribution in [0.2, 0.25) is 0 Å². The Morgan fingerprint density at radius 3 is 2.43 bits per heavy atom. The number of alkyl halides is 2. The molecule has 2 bridgehead atoms. The molecule has 0 saturated carbocycles. The maximum absolute atomic E-state index is 16.0. The lowest BCUT2D eigenvalue weighted by Crippen LogP contribution is -2.36. The molecule has 0 aromatic carbocycles. The van der Waals surface area contributed by atoms with Gasteiger partial charge in [0, 0.05) is 0 Å². The van der Waals surface area contributed by atoms with Crippen LogP contribution in [0.1, 0.15) is 18.3 Å². The van der Waals surface area contributed by atoms with Crippen molar-refractivity contribution in [3.05, 3.63) is 35.2 Å². The van der Waals surface area contributed by atoms with Gasteiger partial charge in [-0.25, -0.2) is 33.7 Å². The van der Waals surface area contributed by atoms with E-state index in [9.17, 15) is 14.6 Å². The van der Waals surface area contributed by atoms with Crippen LogP contribution in [0.25, 0.3) is 22.3 Å². The highest BCUT2D eigenvalue weighted by atomic mass is 32.5. The van der Waals surface area contributed by atoms with E-state index in [1.807, 2.05) is 0 Å². The topological polar surface area (TPSA) is 229 Å². The zero-order chi connectivity index (χ0) is 32.5. The Bertz CT molecular complexity index is 1970. The van der Waals surface area contributed by atoms with Crippen molar-refractivity contribution in [3.63, 3.8) is 0 Å². The normalized spacial score (nSPS) is 37.4. The number of anilines is 1. The molecule has 248 valence electrons. The van der Waals surface area contributed by atoms with Gasteiger partial charge in [-0.05, 0) is 30.5 Å². The number of H-pyrrole nitrogens is 1. The molecule has 7 heterocycles. The van der Waals surface area contributed by atoms with Crippen LogP contribution in [0.4, 0.5) is 14.6 Å². The van der Waals surface area contributed by atoms with E-state index in [0.29, 0.717) is 0 Å². The van der Waals surface area contributed by atoms with Crippen LogP contribution in [0.15, 0.2) is 23.8 Å². The lowest BCUT2D eigenvalue weighted by atomic mass is 10.1. The van der Waals surface area contributed by atoms with Gasteiger partial charge >= 0.3 is 6.72 Å². The number of aryl methyl sites for hydroxylation is 1. The number of nitrogens with zero attached hydrogens (tertiary/aromatic N) is 7. The Balaban J connectivity index is 1.20. The number of imidazole rings is 2. The van der Waals surface area contributed by atoms with Crippen molar-refractivity contribution >= 4 is 65.0 Å². The minimum Gasteiger partial charge on any atom is -0.382 e. The van der Waals surface area contributed by atoms with Crippen molar-refractivity contribution in [3.8, 4) is 0 Å². The molecular weight excluding hydrogens is 698 g/mol. The molecular formula is C22H25F2N9O9P2S2. The maximum Gasteiger partial charge on any atom is 0.325 e. The standard InChI is InChI=1S/C22H25F2N9O9P2S2/c1-8-30-19-14(20(34)31-8)29-6-33(19)22-16-11(23)9(40-22)2-38-43(35,45)7-37-15-10(3-39-44(36,46)42-16)41-21(12(15)24)32-5-28-13-17(25)26-4-27-18(13)32/h4-6,9-12,15-16,21-22H,2-3,7H2,1H3,(H,35,45)(H,36,46)(H2,25,26,27)(H,30,31,34)/t9-,10-,11-,12-,15-,16-,21-,22-,43?,44?/m1/s1. The Kier molecular flexibility index (Phi) is 8.31. The number of fused-ring (bicyclic) bond motifs is 5. The van der Waals surface area contributed by atoms with Gasteiger partial charge in [-0.15, -0.1) is 0 Å². The second-order valence-electron chi connectivity index (χ2n) is 10.6. The predicted molar refractivity (Wildman–Crippen MR) is 160 cm³/mol. The van der Waals surface area contributed by atoms with Crippen LogP contribution in [0.3, 0.4) is 0 Å². The third-order valence-electron chi connectivity index (χ3n) is 7.54. The summed E-state index contributed by atoms with van der Waals surface area (Å²) in [5.74, 6) is 0.312. The summed E-state index contributed by atoms with van der Waals surface area (Å²) in [5.41, 5.74) is 5.69. The molecule has 4 aromatic rings. The third kappa shape index (κ3) is 5.80. The summed E-state index contributed by atoms with van der Waals surface area (Å²) in [6.07, 6.45) is -9.41. The summed E-state index contributed by atoms with van der Waals surface area (Å²) in [6, 6.07) is 0. The maximum atomic E-state index is 16.0. The summed E-state index contributed by atoms with van der Waals surface area (Å²) >= 11 is 10.4. The largest absolute Gasteiger partial charge is 0.382 e. The molecule has 18 nitrogen and oxygen atoms in total. The van der Waals surface area contributed by atoms with E-state index in [1.54, 1.807) is 6.92 Å². The van der Waals surface area contributed by atoms with Crippen molar-refractivity contribution in [1.29, 1.82) is 0 Å². The Labute approximate surface area is 266 Å². The number of halogens is 2. The van der Waals surface area contributed by atoms with Gasteiger partial charge in [0.05, 0.1) is 25.9 Å². The number of nitrogen functional groups attached to an aromatic ring is 1. The Morgan fingerprint density at radius 2 is 1.65 bits per heavy atom. The predicted octanol–water partition coefficient (Wildman–Crippen LogP) is 0.614. The number of aromatic nitrogens is 8. The summed E-state index contributed by atoms with van der Waals surface area (Å²) in [5, 5.41) is 0. The van der Waals surface area contributed by atoms with Crippen LogP contribution in [-0.2, 0) is 51.4 Å². The van der Waals surface area contributed by atoms with Gasteiger partial charge in [-0.1, -0.05) is 0 Å². The smallest absolute Gasteiger partial charge is 0.325 e. The van der Waals surface area contributed by atoms with E-state index in [2.05, 4.69) is 29.9 Å². The lowest BCUT2D eigenvalue weighted by Gasteiger charge is -2.27. The van der Waals surface area contributed by atoms with Gasteiger partial charge in [0.25, 0.3) is 5.56 Å². The molecule has 5 N–H and O–H groups in total. The highest BCUT2D eigenvalue weighted by Crippen LogP contribution is 2.52. The van der Waals surface area contributed by atoms with Crippen LogP contribution in [-0.4, -0.2) is 105 Å². The number of nitrogens with two attached hydrogens (primary N) is 1. The minimum atomic E-state index is -4.31. The fourth-order valence-electron chi connectivity index (χ4n) is 5.45. The molecule has 2 unspecified atom stereocenters. The van der Waals surface area contributed by atoms with E-state index in [1.165, 1.54) is 28.1 Å². The first-order valence-electron chi connectivity index (χ1n) is 13.5. The van der Waals surface area contributed by atoms with Crippen molar-refractivity contribution in [1.82, 2.24) is 39.0 Å². The first-order valence-corrected chi connectivity index (χ1v) is 19.0. The molecule has 0 amide bonds. The minimum absolute atomic E-state index is 0.0423. The molecule has 3 saturated heterocycles. The van der Waals surface area contributed by atoms with Crippen molar-refractivity contribution in [2.75, 3.05) is 25.3 Å². The SMILES string of the molecule is Cc1nc2c(ncn2[C@@H]2O[C@@H]3COP(O)(=S)CO[C@H]4[C@@H](F)[C@H](n5cnc6c(N)ncnc65)O[C@@H]4COP(O)(=S)O[C@@H]2[C@@H]3F)c(=O)[nH]1. The molecule has 0 radical (unpaired) electrons. The summed E-state index contributed by atoms with van der Waals surface area (Å²) in [7, 11) is 0. The monoisotopic (exact) mass is 723 g/mol. The molecule has 3 aliphatic heterocycles. The average Bonchev–Trinajstić information content (AvgIpc) is 3.75. The molecule has 3 aliphatic rings. The zero-order valence-electron chi connectivity index (χ0n) is 23.4. The highest BCUT2D eigenvalue weighted by molar-refractivity contribution is 8.09. The van der Waals surface area contributed by atoms with Crippen molar-refractivity contribution in [2.24, 2.45) is 0 Å². The fourth-order valence-corrected chi connectivity index (χ4v) is 8.04. The number of nitrogens with one attached hydrogen (secondary N) is 1. The molecule has 7 rings (SSSR count). The molecule has 10 atom stereocenters. The average molecular weight is 724 g/mol. The first-order chi connectivity index (χ1) is 21.8. The number of aromatic amines is 1. The summed E-state index contributed by atoms with van der Waals surface area (Å²) in [6.45, 7) is -7.76. The van der Waals surface area contributed by atoms with Crippen LogP contribution in [0, 0.1) is 6.92 Å². The second-order valence-corrected chi connectivity index (χ2v) is 16.9. The van der Waals surface area contributed by atoms with Gasteiger partial charge in [-0.2, -0.15) is 0 Å². The molecule has 24 heteroatoms. The number of rotatable bonds is 2. The van der Waals surface area contributed by atoms with Gasteiger partial charge in [0.2, 0.25) is 6.49 Å². The Hall–Kier alpha value is -2.46. The molecule has 0 spiro atoms. The van der Waals surface area contributed by atoms with E-state index >= 15 is 8.78 Å². The molecule has 46 heavy (non-hydrogen) atoms. The van der Waals surface area contributed by atoms with E-state index in [-0.39, 0.29) is 34.0 Å². The third-order valence-corrected chi connectivity index (χ3v) is 10.8. The van der Waals surface area contributed by atoms with E-state index in [0.717, 1.165) is 0 Å². The zero-order valence-corrected chi connectivity index (χ0v) is 26.8. The van der Waals surface area contributed by atoms with Crippen LogP contribution >= 0.6 is 13.2 Å². The van der Waals surface area contributed by atoms with E-state index in [4.69, 9.17) is 57.1 Å². The number of ether oxygens (including phenoxy) is 3. The highest BCUT2D eigenvalue weighted by Gasteiger charge is 2.52. The van der Waals surface area contributed by atoms with Crippen LogP contribution in [0.5, 0.6) is 0 Å². The molecule has 3 fully saturated rings. The van der Waals surface area contributed by atoms with Gasteiger partial charge in [0.15, 0.2) is 47.4 Å². The van der Waals surface area contributed by atoms with E-state index < -0.39 is 87.5 Å². The van der Waals surface area contributed by atoms with Gasteiger partial charge in [0.1, 0.15) is 48.4 Å². The first kappa shape index (κ1) is 32.1. The summed E-state index contributed by atoms with van der Waals surface area (Å²) in [4.78, 5) is 57.3. The molecule has 0 aliphatic carbocycles. The number of hydrogen-bond acceptors (Lipinski definition) is 15. The number of hydrogen-bond donors (Lipinski definition) is 4. The summed E-state index contributed by atoms with van der Waals surface area (Å²) < 4.78 is 68.7. The quantitative estimate of drug-likeness (QED) is 0.208. The second kappa shape index (κ2) is 11.9. The van der Waals surface area contributed by atoms with Crippen LogP contribution < -0.4 is 11.3 Å². The van der Waals surface area contributed by atoms with Crippen molar-refractivity contribution in [2.45, 2.75) is 56.1 Å². The van der Waals surface area contributed by atoms with Gasteiger partial charge in [-0.3, -0.25) is 18.5 Å². The lowest BCUT2D eigenvalue weighted by molar-refractivity contribution is -0.0570.